The first-order chi connectivity index (χ1) is 11.8. The summed E-state index contributed by atoms with van der Waals surface area (Å²) in [5, 5.41) is 16.8. The SMILES string of the molecule is CNC(=O)c1ccc(Nc2ccc(OC(C)C)c(C)c2)c([N+](=O)[O-])c1. The number of carbonyl (C=O) groups excluding carboxylic acids is 1. The van der Waals surface area contributed by atoms with Crippen LogP contribution in [0.25, 0.3) is 0 Å². The van der Waals surface area contributed by atoms with Crippen molar-refractivity contribution < 1.29 is 14.5 Å². The van der Waals surface area contributed by atoms with E-state index in [1.54, 1.807) is 6.07 Å². The summed E-state index contributed by atoms with van der Waals surface area (Å²) in [5.74, 6) is 0.394. The van der Waals surface area contributed by atoms with Gasteiger partial charge >= 0.3 is 0 Å². The molecule has 1 amide bonds. The summed E-state index contributed by atoms with van der Waals surface area (Å²) in [4.78, 5) is 22.5. The zero-order valence-electron chi connectivity index (χ0n) is 14.6. The van der Waals surface area contributed by atoms with Crippen LogP contribution in [0.3, 0.4) is 0 Å². The molecule has 0 saturated heterocycles. The molecule has 0 spiro atoms. The van der Waals surface area contributed by atoms with Crippen LogP contribution in [0.2, 0.25) is 0 Å². The Morgan fingerprint density at radius 3 is 2.48 bits per heavy atom. The van der Waals surface area contributed by atoms with Crippen LogP contribution in [0, 0.1) is 17.0 Å². The van der Waals surface area contributed by atoms with Crippen LogP contribution in [0.5, 0.6) is 5.75 Å². The molecule has 2 N–H and O–H groups in total. The first kappa shape index (κ1) is 18.3. The summed E-state index contributed by atoms with van der Waals surface area (Å²) in [6.45, 7) is 5.80. The minimum absolute atomic E-state index is 0.0656. The van der Waals surface area contributed by atoms with Gasteiger partial charge < -0.3 is 15.4 Å². The van der Waals surface area contributed by atoms with Crippen LogP contribution in [0.4, 0.5) is 17.1 Å². The number of aryl methyl sites for hydroxylation is 1. The number of anilines is 2. The quantitative estimate of drug-likeness (QED) is 0.615. The Kier molecular flexibility index (Phi) is 5.59. The van der Waals surface area contributed by atoms with Gasteiger partial charge in [0, 0.05) is 24.4 Å². The lowest BCUT2D eigenvalue weighted by atomic mass is 10.1. The number of carbonyl (C=O) groups is 1. The van der Waals surface area contributed by atoms with Gasteiger partial charge in [-0.05, 0) is 56.7 Å². The van der Waals surface area contributed by atoms with Gasteiger partial charge in [0.25, 0.3) is 11.6 Å². The molecule has 0 aromatic heterocycles. The summed E-state index contributed by atoms with van der Waals surface area (Å²) in [5.41, 5.74) is 2.00. The first-order valence-electron chi connectivity index (χ1n) is 7.86. The standard InChI is InChI=1S/C18H21N3O4/c1-11(2)25-17-8-6-14(9-12(17)3)20-15-7-5-13(18(22)19-4)10-16(15)21(23)24/h5-11,20H,1-4H3,(H,19,22). The van der Waals surface area contributed by atoms with Gasteiger partial charge in [0.15, 0.2) is 0 Å². The summed E-state index contributed by atoms with van der Waals surface area (Å²) in [7, 11) is 1.48. The molecule has 25 heavy (non-hydrogen) atoms. The largest absolute Gasteiger partial charge is 0.491 e. The lowest BCUT2D eigenvalue weighted by Gasteiger charge is -2.14. The number of nitro benzene ring substituents is 1. The van der Waals surface area contributed by atoms with E-state index in [2.05, 4.69) is 10.6 Å². The molecule has 0 heterocycles. The Morgan fingerprint density at radius 2 is 1.92 bits per heavy atom. The molecule has 0 aliphatic rings. The number of hydrogen-bond acceptors (Lipinski definition) is 5. The summed E-state index contributed by atoms with van der Waals surface area (Å²) >= 11 is 0. The van der Waals surface area contributed by atoms with Crippen molar-refractivity contribution in [2.75, 3.05) is 12.4 Å². The minimum Gasteiger partial charge on any atom is -0.491 e. The fourth-order valence-electron chi connectivity index (χ4n) is 2.34. The number of ether oxygens (including phenoxy) is 1. The molecule has 0 fully saturated rings. The smallest absolute Gasteiger partial charge is 0.293 e. The molecule has 2 aromatic carbocycles. The molecule has 2 rings (SSSR count). The van der Waals surface area contributed by atoms with E-state index in [1.807, 2.05) is 32.9 Å². The molecule has 0 bridgehead atoms. The molecule has 7 heteroatoms. The van der Waals surface area contributed by atoms with Gasteiger partial charge in [-0.25, -0.2) is 0 Å². The predicted octanol–water partition coefficient (Wildman–Crippen LogP) is 3.79. The maximum absolute atomic E-state index is 11.7. The summed E-state index contributed by atoms with van der Waals surface area (Å²) < 4.78 is 5.69. The van der Waals surface area contributed by atoms with Gasteiger partial charge in [-0.3, -0.25) is 14.9 Å². The second kappa shape index (κ2) is 7.65. The Morgan fingerprint density at radius 1 is 1.20 bits per heavy atom. The van der Waals surface area contributed by atoms with E-state index in [0.717, 1.165) is 11.3 Å². The van der Waals surface area contributed by atoms with E-state index < -0.39 is 4.92 Å². The number of hydrogen-bond donors (Lipinski definition) is 2. The Labute approximate surface area is 146 Å². The molecule has 0 aliphatic heterocycles. The van der Waals surface area contributed by atoms with E-state index >= 15 is 0 Å². The van der Waals surface area contributed by atoms with Crippen LogP contribution < -0.4 is 15.4 Å². The van der Waals surface area contributed by atoms with Crippen molar-refractivity contribution in [1.29, 1.82) is 0 Å². The van der Waals surface area contributed by atoms with E-state index in [0.29, 0.717) is 11.4 Å². The zero-order valence-corrected chi connectivity index (χ0v) is 14.6. The van der Waals surface area contributed by atoms with Crippen LogP contribution >= 0.6 is 0 Å². The molecule has 0 atom stereocenters. The van der Waals surface area contributed by atoms with E-state index in [4.69, 9.17) is 4.74 Å². The summed E-state index contributed by atoms with van der Waals surface area (Å²) in [6, 6.07) is 9.79. The molecular formula is C18H21N3O4. The molecule has 2 aromatic rings. The molecule has 0 saturated carbocycles. The average Bonchev–Trinajstić information content (AvgIpc) is 2.56. The van der Waals surface area contributed by atoms with Gasteiger partial charge in [0.05, 0.1) is 11.0 Å². The number of benzene rings is 2. The number of nitro groups is 1. The second-order valence-corrected chi connectivity index (χ2v) is 5.84. The third-order valence-corrected chi connectivity index (χ3v) is 3.50. The normalized spacial score (nSPS) is 10.4. The minimum atomic E-state index is -0.516. The van der Waals surface area contributed by atoms with Crippen molar-refractivity contribution >= 4 is 23.0 Å². The van der Waals surface area contributed by atoms with Crippen LogP contribution in [-0.4, -0.2) is 24.0 Å². The van der Waals surface area contributed by atoms with Crippen LogP contribution in [0.15, 0.2) is 36.4 Å². The van der Waals surface area contributed by atoms with Gasteiger partial charge in [-0.1, -0.05) is 0 Å². The van der Waals surface area contributed by atoms with Crippen molar-refractivity contribution in [3.05, 3.63) is 57.6 Å². The predicted molar refractivity (Wildman–Crippen MR) is 96.7 cm³/mol. The maximum Gasteiger partial charge on any atom is 0.293 e. The first-order valence-corrected chi connectivity index (χ1v) is 7.86. The van der Waals surface area contributed by atoms with E-state index in [-0.39, 0.29) is 23.3 Å². The number of nitrogens with zero attached hydrogens (tertiary/aromatic N) is 1. The highest BCUT2D eigenvalue weighted by Gasteiger charge is 2.17. The Bertz CT molecular complexity index is 803. The van der Waals surface area contributed by atoms with E-state index in [9.17, 15) is 14.9 Å². The number of nitrogens with one attached hydrogen (secondary N) is 2. The molecule has 0 unspecified atom stereocenters. The van der Waals surface area contributed by atoms with Crippen molar-refractivity contribution in [1.82, 2.24) is 5.32 Å². The topological polar surface area (TPSA) is 93.5 Å². The van der Waals surface area contributed by atoms with Gasteiger partial charge in [-0.15, -0.1) is 0 Å². The van der Waals surface area contributed by atoms with Crippen LogP contribution in [0.1, 0.15) is 29.8 Å². The maximum atomic E-state index is 11.7. The van der Waals surface area contributed by atoms with Crippen molar-refractivity contribution in [2.45, 2.75) is 26.9 Å². The highest BCUT2D eigenvalue weighted by atomic mass is 16.6. The molecule has 7 nitrogen and oxygen atoms in total. The molecule has 0 aliphatic carbocycles. The number of amides is 1. The fraction of sp³-hybridized carbons (Fsp3) is 0.278. The van der Waals surface area contributed by atoms with Crippen molar-refractivity contribution in [3.63, 3.8) is 0 Å². The highest BCUT2D eigenvalue weighted by Crippen LogP contribution is 2.31. The Balaban J connectivity index is 2.32. The third-order valence-electron chi connectivity index (χ3n) is 3.50. The monoisotopic (exact) mass is 343 g/mol. The molecule has 0 radical (unpaired) electrons. The van der Waals surface area contributed by atoms with E-state index in [1.165, 1.54) is 25.2 Å². The average molecular weight is 343 g/mol. The van der Waals surface area contributed by atoms with Gasteiger partial charge in [0.1, 0.15) is 11.4 Å². The zero-order chi connectivity index (χ0) is 18.6. The lowest BCUT2D eigenvalue weighted by molar-refractivity contribution is -0.383. The third kappa shape index (κ3) is 4.47. The fourth-order valence-corrected chi connectivity index (χ4v) is 2.34. The molecule has 132 valence electrons. The lowest BCUT2D eigenvalue weighted by Crippen LogP contribution is -2.17. The second-order valence-electron chi connectivity index (χ2n) is 5.84. The van der Waals surface area contributed by atoms with Gasteiger partial charge in [0.2, 0.25) is 0 Å². The van der Waals surface area contributed by atoms with Crippen LogP contribution in [-0.2, 0) is 0 Å². The highest BCUT2D eigenvalue weighted by molar-refractivity contribution is 5.95. The summed E-state index contributed by atoms with van der Waals surface area (Å²) in [6.07, 6.45) is 0.0656. The van der Waals surface area contributed by atoms with Crippen molar-refractivity contribution in [3.8, 4) is 5.75 Å². The molecular weight excluding hydrogens is 322 g/mol. The number of rotatable bonds is 6. The van der Waals surface area contributed by atoms with Gasteiger partial charge in [-0.2, -0.15) is 0 Å². The van der Waals surface area contributed by atoms with Crippen molar-refractivity contribution in [2.24, 2.45) is 0 Å². The Hall–Kier alpha value is -3.09.